The summed E-state index contributed by atoms with van der Waals surface area (Å²) in [4.78, 5) is 20.7. The number of thiophene rings is 1. The van der Waals surface area contributed by atoms with E-state index in [2.05, 4.69) is 31.3 Å². The highest BCUT2D eigenvalue weighted by molar-refractivity contribution is 7.17. The minimum absolute atomic E-state index is 0.163. The van der Waals surface area contributed by atoms with Gasteiger partial charge in [0.05, 0.1) is 15.9 Å². The third-order valence-corrected chi connectivity index (χ3v) is 6.36. The van der Waals surface area contributed by atoms with E-state index >= 15 is 0 Å². The van der Waals surface area contributed by atoms with Crippen LogP contribution in [0.25, 0.3) is 10.2 Å². The van der Waals surface area contributed by atoms with E-state index in [4.69, 9.17) is 4.98 Å². The van der Waals surface area contributed by atoms with E-state index in [1.807, 2.05) is 13.1 Å². The Morgan fingerprint density at radius 3 is 3.12 bits per heavy atom. The Morgan fingerprint density at radius 2 is 2.17 bits per heavy atom. The molecule has 1 atom stereocenters. The first-order chi connectivity index (χ1) is 11.8. The molecular formula is C18H19N5S. The van der Waals surface area contributed by atoms with Crippen molar-refractivity contribution in [3.05, 3.63) is 41.1 Å². The van der Waals surface area contributed by atoms with Crippen LogP contribution in [0.2, 0.25) is 0 Å². The molecule has 0 amide bonds. The number of nitrogens with zero attached hydrogens (tertiary/aromatic N) is 5. The molecule has 122 valence electrons. The number of fused-ring (bicyclic) bond motifs is 3. The van der Waals surface area contributed by atoms with Gasteiger partial charge < -0.3 is 4.90 Å². The van der Waals surface area contributed by atoms with Crippen molar-refractivity contribution >= 4 is 27.4 Å². The molecule has 4 heterocycles. The molecule has 2 aliphatic rings. The van der Waals surface area contributed by atoms with E-state index in [9.17, 15) is 0 Å². The normalized spacial score (nSPS) is 23.1. The second-order valence-electron chi connectivity index (χ2n) is 6.93. The first-order valence-electron chi connectivity index (χ1n) is 8.51. The number of hydrogen-bond acceptors (Lipinski definition) is 6. The van der Waals surface area contributed by atoms with Crippen LogP contribution in [0.3, 0.4) is 0 Å². The van der Waals surface area contributed by atoms with Crippen LogP contribution in [-0.2, 0) is 11.8 Å². The molecule has 0 radical (unpaired) electrons. The van der Waals surface area contributed by atoms with Gasteiger partial charge >= 0.3 is 0 Å². The van der Waals surface area contributed by atoms with Gasteiger partial charge in [-0.3, -0.25) is 0 Å². The molecule has 24 heavy (non-hydrogen) atoms. The monoisotopic (exact) mass is 337 g/mol. The van der Waals surface area contributed by atoms with E-state index < -0.39 is 0 Å². The smallest absolute Gasteiger partial charge is 0.150 e. The van der Waals surface area contributed by atoms with Gasteiger partial charge in [0.25, 0.3) is 0 Å². The van der Waals surface area contributed by atoms with Crippen molar-refractivity contribution in [1.29, 1.82) is 0 Å². The molecule has 5 rings (SSSR count). The van der Waals surface area contributed by atoms with Crippen molar-refractivity contribution in [3.8, 4) is 0 Å². The fraction of sp³-hybridized carbons (Fsp3) is 0.444. The van der Waals surface area contributed by atoms with E-state index in [0.29, 0.717) is 0 Å². The second kappa shape index (κ2) is 5.21. The fourth-order valence-corrected chi connectivity index (χ4v) is 5.20. The zero-order valence-electron chi connectivity index (χ0n) is 13.7. The first kappa shape index (κ1) is 14.3. The Morgan fingerprint density at radius 1 is 1.21 bits per heavy atom. The Kier molecular flexibility index (Phi) is 3.10. The highest BCUT2D eigenvalue weighted by Crippen LogP contribution is 2.45. The Bertz CT molecular complexity index is 917. The lowest BCUT2D eigenvalue weighted by Crippen LogP contribution is -2.46. The molecule has 6 heteroatoms. The lowest BCUT2D eigenvalue weighted by molar-refractivity contribution is 0.333. The van der Waals surface area contributed by atoms with Crippen molar-refractivity contribution in [3.63, 3.8) is 0 Å². The van der Waals surface area contributed by atoms with Crippen LogP contribution in [0.15, 0.2) is 24.0 Å². The number of piperidine rings is 1. The number of aryl methyl sites for hydroxylation is 2. The summed E-state index contributed by atoms with van der Waals surface area (Å²) in [5.74, 6) is 1.98. The van der Waals surface area contributed by atoms with Gasteiger partial charge in [-0.2, -0.15) is 0 Å². The topological polar surface area (TPSA) is 54.8 Å². The van der Waals surface area contributed by atoms with Gasteiger partial charge in [0, 0.05) is 24.7 Å². The second-order valence-corrected chi connectivity index (χ2v) is 7.84. The van der Waals surface area contributed by atoms with Crippen LogP contribution in [0.4, 0.5) is 5.82 Å². The molecular weight excluding hydrogens is 318 g/mol. The maximum atomic E-state index is 4.84. The number of hydrogen-bond donors (Lipinski definition) is 0. The molecule has 0 aromatic carbocycles. The van der Waals surface area contributed by atoms with E-state index in [-0.39, 0.29) is 5.41 Å². The third kappa shape index (κ3) is 2.05. The Labute approximate surface area is 144 Å². The molecule has 3 aromatic rings. The van der Waals surface area contributed by atoms with E-state index in [1.165, 1.54) is 35.2 Å². The standard InChI is InChI=1S/C18H19N5S/c1-12-19-9-13-3-6-18(16(13)22-12)5-2-7-23(10-18)17-15-14(4-8-24-15)20-11-21-17/h4,8-9,11H,2-3,5-7,10H2,1H3. The van der Waals surface area contributed by atoms with Gasteiger partial charge in [-0.1, -0.05) is 0 Å². The van der Waals surface area contributed by atoms with Gasteiger partial charge in [-0.15, -0.1) is 11.3 Å². The van der Waals surface area contributed by atoms with Crippen LogP contribution in [0, 0.1) is 6.92 Å². The number of anilines is 1. The minimum Gasteiger partial charge on any atom is -0.354 e. The van der Waals surface area contributed by atoms with Gasteiger partial charge in [0.2, 0.25) is 0 Å². The van der Waals surface area contributed by atoms with Crippen molar-refractivity contribution in [2.75, 3.05) is 18.0 Å². The highest BCUT2D eigenvalue weighted by Gasteiger charge is 2.44. The fourth-order valence-electron chi connectivity index (χ4n) is 4.34. The summed E-state index contributed by atoms with van der Waals surface area (Å²) in [5.41, 5.74) is 3.84. The average Bonchev–Trinajstić information content (AvgIpc) is 3.21. The highest BCUT2D eigenvalue weighted by atomic mass is 32.1. The van der Waals surface area contributed by atoms with Crippen molar-refractivity contribution < 1.29 is 0 Å². The zero-order chi connectivity index (χ0) is 16.1. The molecule has 1 unspecified atom stereocenters. The van der Waals surface area contributed by atoms with E-state index in [0.717, 1.165) is 36.7 Å². The summed E-state index contributed by atoms with van der Waals surface area (Å²) in [6.45, 7) is 4.05. The molecule has 1 spiro atoms. The number of aromatic nitrogens is 4. The molecule has 0 saturated carbocycles. The van der Waals surface area contributed by atoms with Gasteiger partial charge in [-0.05, 0) is 49.6 Å². The van der Waals surface area contributed by atoms with E-state index in [1.54, 1.807) is 17.7 Å². The molecule has 1 aliphatic carbocycles. The lowest BCUT2D eigenvalue weighted by Gasteiger charge is -2.41. The van der Waals surface area contributed by atoms with Crippen molar-refractivity contribution in [2.24, 2.45) is 0 Å². The maximum Gasteiger partial charge on any atom is 0.150 e. The molecule has 0 bridgehead atoms. The summed E-state index contributed by atoms with van der Waals surface area (Å²) in [6.07, 6.45) is 8.40. The largest absolute Gasteiger partial charge is 0.354 e. The lowest BCUT2D eigenvalue weighted by atomic mass is 9.77. The molecule has 0 N–H and O–H groups in total. The van der Waals surface area contributed by atoms with Gasteiger partial charge in [0.15, 0.2) is 0 Å². The van der Waals surface area contributed by atoms with Crippen LogP contribution < -0.4 is 4.90 Å². The molecule has 1 aliphatic heterocycles. The Hall–Kier alpha value is -2.08. The van der Waals surface area contributed by atoms with Crippen LogP contribution in [-0.4, -0.2) is 33.0 Å². The summed E-state index contributed by atoms with van der Waals surface area (Å²) < 4.78 is 1.20. The predicted octanol–water partition coefficient (Wildman–Crippen LogP) is 3.27. The maximum absolute atomic E-state index is 4.84. The quantitative estimate of drug-likeness (QED) is 0.682. The summed E-state index contributed by atoms with van der Waals surface area (Å²) in [7, 11) is 0. The first-order valence-corrected chi connectivity index (χ1v) is 9.39. The molecule has 3 aromatic heterocycles. The molecule has 1 saturated heterocycles. The van der Waals surface area contributed by atoms with Crippen LogP contribution >= 0.6 is 11.3 Å². The summed E-state index contributed by atoms with van der Waals surface area (Å²) in [6, 6.07) is 2.08. The van der Waals surface area contributed by atoms with Crippen molar-refractivity contribution in [1.82, 2.24) is 19.9 Å². The average molecular weight is 337 g/mol. The van der Waals surface area contributed by atoms with Crippen LogP contribution in [0.1, 0.15) is 36.3 Å². The third-order valence-electron chi connectivity index (χ3n) is 5.46. The summed E-state index contributed by atoms with van der Waals surface area (Å²) in [5, 5.41) is 2.10. The Balaban J connectivity index is 1.56. The predicted molar refractivity (Wildman–Crippen MR) is 95.6 cm³/mol. The van der Waals surface area contributed by atoms with Gasteiger partial charge in [0.1, 0.15) is 18.0 Å². The van der Waals surface area contributed by atoms with Crippen molar-refractivity contribution in [2.45, 2.75) is 38.0 Å². The minimum atomic E-state index is 0.163. The summed E-state index contributed by atoms with van der Waals surface area (Å²) >= 11 is 1.73. The van der Waals surface area contributed by atoms with Gasteiger partial charge in [-0.25, -0.2) is 19.9 Å². The molecule has 5 nitrogen and oxygen atoms in total. The van der Waals surface area contributed by atoms with Crippen LogP contribution in [0.5, 0.6) is 0 Å². The zero-order valence-corrected chi connectivity index (χ0v) is 14.5. The number of rotatable bonds is 1. The SMILES string of the molecule is Cc1ncc2c(n1)C1(CCCN(c3ncnc4ccsc34)C1)CC2. The molecule has 1 fully saturated rings.